The Morgan fingerprint density at radius 2 is 1.71 bits per heavy atom. The van der Waals surface area contributed by atoms with E-state index in [0.717, 1.165) is 12.1 Å². The number of nitrogens with zero attached hydrogens (tertiary/aromatic N) is 1. The smallest absolute Gasteiger partial charge is 0.0914 e. The molecule has 2 aliphatic heterocycles. The van der Waals surface area contributed by atoms with Crippen molar-refractivity contribution in [3.8, 4) is 0 Å². The molecule has 3 atom stereocenters. The summed E-state index contributed by atoms with van der Waals surface area (Å²) in [5.41, 5.74) is 0. The Morgan fingerprint density at radius 1 is 1.06 bits per heavy atom. The summed E-state index contributed by atoms with van der Waals surface area (Å²) in [6, 6.07) is 1.65. The summed E-state index contributed by atoms with van der Waals surface area (Å²) in [5.74, 6) is 0. The molecular formula is C15H30NO+. The first-order valence-corrected chi connectivity index (χ1v) is 7.62. The van der Waals surface area contributed by atoms with Crippen LogP contribution in [-0.4, -0.2) is 42.9 Å². The van der Waals surface area contributed by atoms with Gasteiger partial charge in [0.25, 0.3) is 0 Å². The van der Waals surface area contributed by atoms with Crippen LogP contribution in [0.5, 0.6) is 0 Å². The van der Waals surface area contributed by atoms with Crippen molar-refractivity contribution in [1.82, 2.24) is 0 Å². The van der Waals surface area contributed by atoms with Gasteiger partial charge < -0.3 is 9.22 Å². The maximum absolute atomic E-state index is 5.65. The molecule has 2 fully saturated rings. The van der Waals surface area contributed by atoms with E-state index >= 15 is 0 Å². The fourth-order valence-corrected chi connectivity index (χ4v) is 4.37. The molecular weight excluding hydrogens is 210 g/mol. The second-order valence-electron chi connectivity index (χ2n) is 6.20. The van der Waals surface area contributed by atoms with Crippen molar-refractivity contribution in [3.05, 3.63) is 0 Å². The van der Waals surface area contributed by atoms with Crippen molar-refractivity contribution in [2.75, 3.05) is 20.2 Å². The number of ether oxygens (including phenoxy) is 1. The van der Waals surface area contributed by atoms with Crippen LogP contribution in [0.1, 0.15) is 58.8 Å². The molecule has 2 aliphatic rings. The average Bonchev–Trinajstić information content (AvgIpc) is 2.59. The number of hydrogen-bond donors (Lipinski definition) is 0. The molecule has 2 nitrogen and oxygen atoms in total. The highest BCUT2D eigenvalue weighted by molar-refractivity contribution is 4.79. The molecule has 0 saturated carbocycles. The molecule has 0 bridgehead atoms. The molecule has 0 amide bonds. The van der Waals surface area contributed by atoms with E-state index in [1.807, 2.05) is 7.11 Å². The lowest BCUT2D eigenvalue weighted by Gasteiger charge is -2.53. The summed E-state index contributed by atoms with van der Waals surface area (Å²) in [6.07, 6.45) is 10.2. The number of quaternary nitrogens is 1. The third-order valence-electron chi connectivity index (χ3n) is 5.45. The van der Waals surface area contributed by atoms with Gasteiger partial charge in [0.15, 0.2) is 0 Å². The van der Waals surface area contributed by atoms with Crippen LogP contribution in [0.4, 0.5) is 0 Å². The zero-order chi connectivity index (χ0) is 12.3. The summed E-state index contributed by atoms with van der Waals surface area (Å²) < 4.78 is 7.06. The van der Waals surface area contributed by atoms with Gasteiger partial charge in [-0.3, -0.25) is 0 Å². The summed E-state index contributed by atoms with van der Waals surface area (Å²) in [6.45, 7) is 7.70. The second-order valence-corrected chi connectivity index (χ2v) is 6.20. The Hall–Kier alpha value is -0.0800. The van der Waals surface area contributed by atoms with E-state index in [9.17, 15) is 0 Å². The minimum absolute atomic E-state index is 0.516. The number of hydrogen-bond acceptors (Lipinski definition) is 1. The molecule has 3 unspecified atom stereocenters. The Morgan fingerprint density at radius 3 is 2.24 bits per heavy atom. The van der Waals surface area contributed by atoms with E-state index in [0.29, 0.717) is 6.10 Å². The van der Waals surface area contributed by atoms with E-state index in [-0.39, 0.29) is 0 Å². The third-order valence-corrected chi connectivity index (χ3v) is 5.45. The van der Waals surface area contributed by atoms with Crippen molar-refractivity contribution in [3.63, 3.8) is 0 Å². The third kappa shape index (κ3) is 2.53. The van der Waals surface area contributed by atoms with Crippen LogP contribution in [0.2, 0.25) is 0 Å². The molecule has 0 radical (unpaired) electrons. The molecule has 1 spiro atoms. The quantitative estimate of drug-likeness (QED) is 0.673. The lowest BCUT2D eigenvalue weighted by Crippen LogP contribution is -2.65. The van der Waals surface area contributed by atoms with Gasteiger partial charge >= 0.3 is 0 Å². The van der Waals surface area contributed by atoms with Gasteiger partial charge in [-0.2, -0.15) is 0 Å². The van der Waals surface area contributed by atoms with E-state index in [4.69, 9.17) is 4.74 Å². The van der Waals surface area contributed by atoms with Crippen LogP contribution in [-0.2, 0) is 4.74 Å². The minimum Gasteiger partial charge on any atom is -0.381 e. The van der Waals surface area contributed by atoms with Gasteiger partial charge in [-0.05, 0) is 39.0 Å². The van der Waals surface area contributed by atoms with Crippen molar-refractivity contribution in [2.24, 2.45) is 0 Å². The summed E-state index contributed by atoms with van der Waals surface area (Å²) >= 11 is 0. The van der Waals surface area contributed by atoms with Gasteiger partial charge in [0.05, 0.1) is 31.3 Å². The predicted octanol–water partition coefficient (Wildman–Crippen LogP) is 3.35. The fourth-order valence-electron chi connectivity index (χ4n) is 4.37. The predicted molar refractivity (Wildman–Crippen MR) is 72.0 cm³/mol. The SMILES string of the molecule is CCC1CC(OC)CC(C)[N+]12CCCCCC2. The molecule has 2 heteroatoms. The largest absolute Gasteiger partial charge is 0.381 e. The zero-order valence-electron chi connectivity index (χ0n) is 12.0. The van der Waals surface area contributed by atoms with Crippen molar-refractivity contribution >= 4 is 0 Å². The average molecular weight is 240 g/mol. The number of piperidine rings is 1. The molecule has 0 aromatic heterocycles. The van der Waals surface area contributed by atoms with Crippen molar-refractivity contribution < 1.29 is 9.22 Å². The van der Waals surface area contributed by atoms with Crippen LogP contribution in [0, 0.1) is 0 Å². The van der Waals surface area contributed by atoms with Crippen molar-refractivity contribution in [2.45, 2.75) is 77.0 Å². The fraction of sp³-hybridized carbons (Fsp3) is 1.00. The Balaban J connectivity index is 2.16. The molecule has 0 N–H and O–H groups in total. The van der Waals surface area contributed by atoms with Crippen LogP contribution in [0.3, 0.4) is 0 Å². The standard InChI is InChI=1S/C15H30NO/c1-4-14-12-15(17-3)11-13(2)16(14)9-7-5-6-8-10-16/h13-15H,4-12H2,1-3H3/q+1. The maximum atomic E-state index is 5.65. The molecule has 100 valence electrons. The van der Waals surface area contributed by atoms with Gasteiger partial charge in [-0.1, -0.05) is 6.92 Å². The van der Waals surface area contributed by atoms with E-state index in [2.05, 4.69) is 13.8 Å². The summed E-state index contributed by atoms with van der Waals surface area (Å²) in [4.78, 5) is 0. The normalized spacial score (nSPS) is 37.9. The zero-order valence-corrected chi connectivity index (χ0v) is 12.0. The van der Waals surface area contributed by atoms with Gasteiger partial charge in [0.1, 0.15) is 0 Å². The van der Waals surface area contributed by atoms with Crippen LogP contribution >= 0.6 is 0 Å². The molecule has 0 aromatic carbocycles. The minimum atomic E-state index is 0.516. The maximum Gasteiger partial charge on any atom is 0.0914 e. The molecule has 2 rings (SSSR count). The molecule has 0 aliphatic carbocycles. The molecule has 17 heavy (non-hydrogen) atoms. The summed E-state index contributed by atoms with van der Waals surface area (Å²) in [7, 11) is 1.89. The lowest BCUT2D eigenvalue weighted by atomic mass is 9.88. The van der Waals surface area contributed by atoms with Gasteiger partial charge in [0, 0.05) is 20.0 Å². The van der Waals surface area contributed by atoms with Crippen LogP contribution in [0.25, 0.3) is 0 Å². The van der Waals surface area contributed by atoms with Gasteiger partial charge in [-0.15, -0.1) is 0 Å². The van der Waals surface area contributed by atoms with Crippen molar-refractivity contribution in [1.29, 1.82) is 0 Å². The van der Waals surface area contributed by atoms with Gasteiger partial charge in [0.2, 0.25) is 0 Å². The monoisotopic (exact) mass is 240 g/mol. The summed E-state index contributed by atoms with van der Waals surface area (Å²) in [5, 5.41) is 0. The van der Waals surface area contributed by atoms with E-state index < -0.39 is 0 Å². The first-order chi connectivity index (χ1) is 8.23. The highest BCUT2D eigenvalue weighted by Crippen LogP contribution is 2.37. The lowest BCUT2D eigenvalue weighted by molar-refractivity contribution is -0.977. The van der Waals surface area contributed by atoms with E-state index in [1.165, 1.54) is 62.5 Å². The van der Waals surface area contributed by atoms with E-state index in [1.54, 1.807) is 0 Å². The van der Waals surface area contributed by atoms with Gasteiger partial charge in [-0.25, -0.2) is 0 Å². The topological polar surface area (TPSA) is 9.23 Å². The molecule has 2 saturated heterocycles. The number of rotatable bonds is 2. The Kier molecular flexibility index (Phi) is 4.48. The Labute approximate surface area is 107 Å². The number of methoxy groups -OCH3 is 1. The Bertz CT molecular complexity index is 233. The second kappa shape index (κ2) is 5.71. The highest BCUT2D eigenvalue weighted by Gasteiger charge is 2.46. The molecule has 2 heterocycles. The highest BCUT2D eigenvalue weighted by atomic mass is 16.5. The molecule has 0 aromatic rings. The van der Waals surface area contributed by atoms with Crippen LogP contribution < -0.4 is 0 Å². The first-order valence-electron chi connectivity index (χ1n) is 7.62. The first kappa shape index (κ1) is 13.4. The van der Waals surface area contributed by atoms with Crippen LogP contribution in [0.15, 0.2) is 0 Å².